The molecule has 8 heteroatoms. The Kier molecular flexibility index (Phi) is 7.53. The summed E-state index contributed by atoms with van der Waals surface area (Å²) in [5.74, 6) is -0.967. The van der Waals surface area contributed by atoms with Crippen molar-refractivity contribution in [1.29, 1.82) is 0 Å². The van der Waals surface area contributed by atoms with E-state index in [9.17, 15) is 14.0 Å². The van der Waals surface area contributed by atoms with Crippen LogP contribution in [0.25, 0.3) is 10.9 Å². The van der Waals surface area contributed by atoms with Crippen LogP contribution in [0.3, 0.4) is 0 Å². The maximum atomic E-state index is 14.4. The largest absolute Gasteiger partial charge is 0.378 e. The van der Waals surface area contributed by atoms with Crippen LogP contribution in [-0.4, -0.2) is 37.6 Å². The molecular weight excluding hydrogens is 457 g/mol. The summed E-state index contributed by atoms with van der Waals surface area (Å²) in [6.07, 6.45) is 1.82. The van der Waals surface area contributed by atoms with Gasteiger partial charge in [0.15, 0.2) is 0 Å². The average molecular weight is 488 g/mol. The monoisotopic (exact) mass is 487 g/mol. The van der Waals surface area contributed by atoms with E-state index in [4.69, 9.17) is 5.73 Å². The van der Waals surface area contributed by atoms with Crippen molar-refractivity contribution in [3.05, 3.63) is 102 Å². The van der Waals surface area contributed by atoms with E-state index in [0.29, 0.717) is 6.54 Å². The molecule has 186 valence electrons. The minimum absolute atomic E-state index is 0.127. The summed E-state index contributed by atoms with van der Waals surface area (Å²) in [6, 6.07) is 20.5. The fourth-order valence-electron chi connectivity index (χ4n) is 4.44. The first-order valence-electron chi connectivity index (χ1n) is 11.7. The number of hydrogen-bond acceptors (Lipinski definition) is 3. The van der Waals surface area contributed by atoms with Gasteiger partial charge in [0, 0.05) is 54.9 Å². The molecule has 0 aliphatic heterocycles. The summed E-state index contributed by atoms with van der Waals surface area (Å²) < 4.78 is 14.4. The number of para-hydroxylation sites is 1. The Labute approximate surface area is 209 Å². The second-order valence-electron chi connectivity index (χ2n) is 8.92. The van der Waals surface area contributed by atoms with Gasteiger partial charge in [0.2, 0.25) is 5.91 Å². The molecule has 0 aliphatic carbocycles. The number of amides is 3. The maximum absolute atomic E-state index is 14.4. The number of aromatic amines is 1. The molecule has 0 fully saturated rings. The van der Waals surface area contributed by atoms with Crippen LogP contribution in [0.2, 0.25) is 0 Å². The summed E-state index contributed by atoms with van der Waals surface area (Å²) in [5.41, 5.74) is 9.70. The van der Waals surface area contributed by atoms with Crippen molar-refractivity contribution < 1.29 is 14.0 Å². The van der Waals surface area contributed by atoms with Gasteiger partial charge in [-0.25, -0.2) is 9.18 Å². The smallest absolute Gasteiger partial charge is 0.312 e. The van der Waals surface area contributed by atoms with Gasteiger partial charge in [0.05, 0.1) is 12.5 Å². The van der Waals surface area contributed by atoms with Crippen molar-refractivity contribution in [2.75, 3.05) is 25.5 Å². The number of H-pyrrole nitrogens is 1. The molecule has 0 bridgehead atoms. The summed E-state index contributed by atoms with van der Waals surface area (Å²) in [6.45, 7) is 0.322. The fraction of sp³-hybridized carbons (Fsp3) is 0.214. The van der Waals surface area contributed by atoms with Gasteiger partial charge in [0.1, 0.15) is 5.82 Å². The van der Waals surface area contributed by atoms with Gasteiger partial charge in [0.25, 0.3) is 0 Å². The normalized spacial score (nSPS) is 12.6. The summed E-state index contributed by atoms with van der Waals surface area (Å²) in [7, 11) is 3.97. The van der Waals surface area contributed by atoms with Gasteiger partial charge in [-0.2, -0.15) is 0 Å². The number of nitrogens with one attached hydrogen (secondary N) is 3. The van der Waals surface area contributed by atoms with Gasteiger partial charge in [-0.05, 0) is 35.4 Å². The quantitative estimate of drug-likeness (QED) is 0.281. The number of fused-ring (bicyclic) bond motifs is 1. The highest BCUT2D eigenvalue weighted by atomic mass is 19.1. The molecule has 1 aromatic heterocycles. The Hall–Kier alpha value is -4.33. The van der Waals surface area contributed by atoms with E-state index in [1.165, 1.54) is 12.1 Å². The highest BCUT2D eigenvalue weighted by molar-refractivity contribution is 5.84. The van der Waals surface area contributed by atoms with Gasteiger partial charge in [-0.3, -0.25) is 4.79 Å². The second-order valence-corrected chi connectivity index (χ2v) is 8.92. The molecule has 5 N–H and O–H groups in total. The predicted octanol–water partition coefficient (Wildman–Crippen LogP) is 4.42. The van der Waals surface area contributed by atoms with Crippen LogP contribution < -0.4 is 21.3 Å². The molecule has 3 amide bonds. The molecule has 0 saturated carbocycles. The second kappa shape index (κ2) is 10.9. The molecule has 0 saturated heterocycles. The van der Waals surface area contributed by atoms with E-state index in [-0.39, 0.29) is 23.8 Å². The number of primary amides is 1. The number of carbonyl (C=O) groups excluding carboxylic acids is 2. The Morgan fingerprint density at radius 2 is 1.67 bits per heavy atom. The van der Waals surface area contributed by atoms with E-state index < -0.39 is 17.9 Å². The first kappa shape index (κ1) is 24.8. The van der Waals surface area contributed by atoms with Crippen molar-refractivity contribution >= 4 is 28.5 Å². The number of hydrogen-bond donors (Lipinski definition) is 4. The molecular formula is C28H30FN5O2. The Morgan fingerprint density at radius 1 is 0.972 bits per heavy atom. The lowest BCUT2D eigenvalue weighted by Crippen LogP contribution is -2.38. The van der Waals surface area contributed by atoms with Gasteiger partial charge >= 0.3 is 6.03 Å². The third kappa shape index (κ3) is 5.66. The minimum Gasteiger partial charge on any atom is -0.378 e. The SMILES string of the molecule is CN(C)c1ccc([C@H](CNC(=O)C[C@@H](NC(N)=O)c2ccccc2F)c2c[nH]c3ccccc23)cc1. The number of anilines is 1. The van der Waals surface area contributed by atoms with Gasteiger partial charge < -0.3 is 26.3 Å². The van der Waals surface area contributed by atoms with Crippen molar-refractivity contribution in [3.8, 4) is 0 Å². The predicted molar refractivity (Wildman–Crippen MR) is 140 cm³/mol. The summed E-state index contributed by atoms with van der Waals surface area (Å²) in [5, 5.41) is 6.55. The third-order valence-electron chi connectivity index (χ3n) is 6.30. The van der Waals surface area contributed by atoms with Crippen LogP contribution in [0.5, 0.6) is 0 Å². The average Bonchev–Trinajstić information content (AvgIpc) is 3.28. The van der Waals surface area contributed by atoms with E-state index in [1.54, 1.807) is 12.1 Å². The Morgan fingerprint density at radius 3 is 2.36 bits per heavy atom. The molecule has 7 nitrogen and oxygen atoms in total. The first-order chi connectivity index (χ1) is 17.3. The topological polar surface area (TPSA) is 103 Å². The Balaban J connectivity index is 1.57. The number of aromatic nitrogens is 1. The molecule has 1 heterocycles. The zero-order valence-electron chi connectivity index (χ0n) is 20.3. The molecule has 36 heavy (non-hydrogen) atoms. The molecule has 4 aromatic rings. The number of carbonyl (C=O) groups is 2. The first-order valence-corrected chi connectivity index (χ1v) is 11.7. The highest BCUT2D eigenvalue weighted by Gasteiger charge is 2.23. The molecule has 3 aromatic carbocycles. The summed E-state index contributed by atoms with van der Waals surface area (Å²) >= 11 is 0. The molecule has 0 radical (unpaired) electrons. The standard InChI is InChI=1S/C28H30FN5O2/c1-34(2)19-13-11-18(12-14-19)22(23-17-31-25-10-6-4-7-20(23)25)16-32-27(35)15-26(33-28(30)36)21-8-3-5-9-24(21)29/h3-14,17,22,26,31H,15-16H2,1-2H3,(H,32,35)(H3,30,33,36)/t22-,26+/m0/s1. The number of rotatable bonds is 9. The van der Waals surface area contributed by atoms with E-state index in [0.717, 1.165) is 27.7 Å². The summed E-state index contributed by atoms with van der Waals surface area (Å²) in [4.78, 5) is 29.9. The van der Waals surface area contributed by atoms with Crippen LogP contribution in [0.4, 0.5) is 14.9 Å². The lowest BCUT2D eigenvalue weighted by Gasteiger charge is -2.22. The lowest BCUT2D eigenvalue weighted by atomic mass is 9.90. The van der Waals surface area contributed by atoms with Crippen LogP contribution in [0.1, 0.15) is 35.1 Å². The number of benzene rings is 3. The number of halogens is 1. The minimum atomic E-state index is -0.880. The van der Waals surface area contributed by atoms with Crippen molar-refractivity contribution in [3.63, 3.8) is 0 Å². The van der Waals surface area contributed by atoms with E-state index >= 15 is 0 Å². The van der Waals surface area contributed by atoms with Gasteiger partial charge in [-0.15, -0.1) is 0 Å². The molecule has 0 aliphatic rings. The highest BCUT2D eigenvalue weighted by Crippen LogP contribution is 2.31. The van der Waals surface area contributed by atoms with Crippen molar-refractivity contribution in [1.82, 2.24) is 15.6 Å². The molecule has 4 rings (SSSR count). The van der Waals surface area contributed by atoms with Crippen molar-refractivity contribution in [2.24, 2.45) is 5.73 Å². The molecule has 0 spiro atoms. The fourth-order valence-corrected chi connectivity index (χ4v) is 4.44. The van der Waals surface area contributed by atoms with Crippen LogP contribution in [0.15, 0.2) is 79.0 Å². The number of nitrogens with zero attached hydrogens (tertiary/aromatic N) is 1. The third-order valence-corrected chi connectivity index (χ3v) is 6.30. The zero-order valence-corrected chi connectivity index (χ0v) is 20.3. The van der Waals surface area contributed by atoms with E-state index in [2.05, 4.69) is 33.8 Å². The van der Waals surface area contributed by atoms with Crippen LogP contribution in [-0.2, 0) is 4.79 Å². The van der Waals surface area contributed by atoms with Crippen LogP contribution in [0, 0.1) is 5.82 Å². The van der Waals surface area contributed by atoms with Crippen LogP contribution >= 0.6 is 0 Å². The number of urea groups is 1. The maximum Gasteiger partial charge on any atom is 0.312 e. The molecule has 0 unspecified atom stereocenters. The zero-order chi connectivity index (χ0) is 25.7. The van der Waals surface area contributed by atoms with Crippen molar-refractivity contribution in [2.45, 2.75) is 18.4 Å². The van der Waals surface area contributed by atoms with E-state index in [1.807, 2.05) is 55.5 Å². The Bertz CT molecular complexity index is 1350. The van der Waals surface area contributed by atoms with Gasteiger partial charge in [-0.1, -0.05) is 48.5 Å². The molecule has 2 atom stereocenters. The number of nitrogens with two attached hydrogens (primary N) is 1. The lowest BCUT2D eigenvalue weighted by molar-refractivity contribution is -0.121.